The first-order valence-corrected chi connectivity index (χ1v) is 10.1. The van der Waals surface area contributed by atoms with Crippen LogP contribution in [-0.2, 0) is 4.79 Å². The Hall–Kier alpha value is -2.86. The SMILES string of the molecule is Cc1cc(C)cc(C(=O)N2CCCC(C(=O)Nc3ccc(OCCN)cc3)C2)c1. The summed E-state index contributed by atoms with van der Waals surface area (Å²) in [5, 5.41) is 2.96. The van der Waals surface area contributed by atoms with E-state index in [9.17, 15) is 9.59 Å². The molecule has 1 saturated heterocycles. The first kappa shape index (κ1) is 20.9. The second kappa shape index (κ2) is 9.56. The molecule has 0 spiro atoms. The van der Waals surface area contributed by atoms with Gasteiger partial charge in [-0.05, 0) is 63.1 Å². The van der Waals surface area contributed by atoms with Gasteiger partial charge in [0.25, 0.3) is 5.91 Å². The zero-order chi connectivity index (χ0) is 20.8. The third kappa shape index (κ3) is 5.57. The van der Waals surface area contributed by atoms with E-state index in [1.165, 1.54) is 0 Å². The molecule has 1 unspecified atom stereocenters. The fourth-order valence-corrected chi connectivity index (χ4v) is 3.71. The van der Waals surface area contributed by atoms with Gasteiger partial charge in [-0.1, -0.05) is 17.2 Å². The summed E-state index contributed by atoms with van der Waals surface area (Å²) in [5.41, 5.74) is 8.97. The van der Waals surface area contributed by atoms with E-state index in [4.69, 9.17) is 10.5 Å². The normalized spacial score (nSPS) is 16.4. The summed E-state index contributed by atoms with van der Waals surface area (Å²) in [5.74, 6) is 0.442. The van der Waals surface area contributed by atoms with Crippen LogP contribution in [0.3, 0.4) is 0 Å². The average molecular weight is 396 g/mol. The third-order valence-corrected chi connectivity index (χ3v) is 5.06. The zero-order valence-corrected chi connectivity index (χ0v) is 17.1. The number of anilines is 1. The highest BCUT2D eigenvalue weighted by Crippen LogP contribution is 2.22. The number of amides is 2. The highest BCUT2D eigenvalue weighted by Gasteiger charge is 2.29. The van der Waals surface area contributed by atoms with Crippen molar-refractivity contribution in [2.24, 2.45) is 11.7 Å². The average Bonchev–Trinajstić information content (AvgIpc) is 2.72. The molecule has 3 N–H and O–H groups in total. The number of hydrogen-bond donors (Lipinski definition) is 2. The lowest BCUT2D eigenvalue weighted by Crippen LogP contribution is -2.43. The molecule has 2 aromatic carbocycles. The number of likely N-dealkylation sites (tertiary alicyclic amines) is 1. The van der Waals surface area contributed by atoms with Gasteiger partial charge in [0.15, 0.2) is 0 Å². The van der Waals surface area contributed by atoms with Gasteiger partial charge in [-0.15, -0.1) is 0 Å². The maximum absolute atomic E-state index is 12.9. The Labute approximate surface area is 172 Å². The number of nitrogens with one attached hydrogen (secondary N) is 1. The van der Waals surface area contributed by atoms with Gasteiger partial charge in [-0.3, -0.25) is 9.59 Å². The molecule has 2 aromatic rings. The van der Waals surface area contributed by atoms with Crippen LogP contribution in [-0.4, -0.2) is 43.0 Å². The minimum Gasteiger partial charge on any atom is -0.492 e. The lowest BCUT2D eigenvalue weighted by Gasteiger charge is -2.32. The van der Waals surface area contributed by atoms with E-state index in [2.05, 4.69) is 11.4 Å². The number of ether oxygens (including phenoxy) is 1. The number of carbonyl (C=O) groups is 2. The molecular weight excluding hydrogens is 366 g/mol. The van der Waals surface area contributed by atoms with Crippen molar-refractivity contribution in [2.75, 3.05) is 31.6 Å². The zero-order valence-electron chi connectivity index (χ0n) is 17.1. The van der Waals surface area contributed by atoms with Crippen molar-refractivity contribution in [3.05, 3.63) is 59.2 Å². The maximum Gasteiger partial charge on any atom is 0.253 e. The Bertz CT molecular complexity index is 844. The summed E-state index contributed by atoms with van der Waals surface area (Å²) >= 11 is 0. The molecule has 0 saturated carbocycles. The van der Waals surface area contributed by atoms with E-state index in [1.807, 2.05) is 50.2 Å². The number of hydrogen-bond acceptors (Lipinski definition) is 4. The van der Waals surface area contributed by atoms with Gasteiger partial charge in [-0.25, -0.2) is 0 Å². The van der Waals surface area contributed by atoms with Crippen LogP contribution in [0, 0.1) is 19.8 Å². The number of benzene rings is 2. The number of carbonyl (C=O) groups excluding carboxylic acids is 2. The molecule has 0 radical (unpaired) electrons. The number of rotatable bonds is 6. The topological polar surface area (TPSA) is 84.7 Å². The molecular formula is C23H29N3O3. The van der Waals surface area contributed by atoms with Gasteiger partial charge in [0, 0.05) is 30.9 Å². The van der Waals surface area contributed by atoms with Crippen molar-refractivity contribution in [1.82, 2.24) is 4.90 Å². The van der Waals surface area contributed by atoms with Crippen molar-refractivity contribution in [1.29, 1.82) is 0 Å². The highest BCUT2D eigenvalue weighted by atomic mass is 16.5. The largest absolute Gasteiger partial charge is 0.492 e. The summed E-state index contributed by atoms with van der Waals surface area (Å²) in [6, 6.07) is 13.1. The molecule has 1 heterocycles. The van der Waals surface area contributed by atoms with Gasteiger partial charge >= 0.3 is 0 Å². The monoisotopic (exact) mass is 395 g/mol. The third-order valence-electron chi connectivity index (χ3n) is 5.06. The predicted molar refractivity (Wildman–Crippen MR) is 114 cm³/mol. The van der Waals surface area contributed by atoms with E-state index < -0.39 is 0 Å². The molecule has 1 fully saturated rings. The van der Waals surface area contributed by atoms with Crippen LogP contribution < -0.4 is 15.8 Å². The van der Waals surface area contributed by atoms with Crippen LogP contribution >= 0.6 is 0 Å². The summed E-state index contributed by atoms with van der Waals surface area (Å²) in [6.45, 7) is 6.01. The highest BCUT2D eigenvalue weighted by molar-refractivity contribution is 5.96. The molecule has 29 heavy (non-hydrogen) atoms. The lowest BCUT2D eigenvalue weighted by atomic mass is 9.96. The summed E-state index contributed by atoms with van der Waals surface area (Å²) in [4.78, 5) is 27.5. The molecule has 1 aliphatic heterocycles. The first-order chi connectivity index (χ1) is 14.0. The number of aryl methyl sites for hydroxylation is 2. The first-order valence-electron chi connectivity index (χ1n) is 10.1. The number of piperidine rings is 1. The molecule has 6 heteroatoms. The van der Waals surface area contributed by atoms with Crippen molar-refractivity contribution in [3.63, 3.8) is 0 Å². The van der Waals surface area contributed by atoms with Gasteiger partial charge in [0.2, 0.25) is 5.91 Å². The molecule has 2 amide bonds. The smallest absolute Gasteiger partial charge is 0.253 e. The van der Waals surface area contributed by atoms with Crippen molar-refractivity contribution < 1.29 is 14.3 Å². The van der Waals surface area contributed by atoms with Crippen LogP contribution in [0.1, 0.15) is 34.3 Å². The lowest BCUT2D eigenvalue weighted by molar-refractivity contribution is -0.121. The Balaban J connectivity index is 1.61. The van der Waals surface area contributed by atoms with E-state index in [-0.39, 0.29) is 17.7 Å². The van der Waals surface area contributed by atoms with Crippen LogP contribution in [0.15, 0.2) is 42.5 Å². The molecule has 154 valence electrons. The Morgan fingerprint density at radius 3 is 2.48 bits per heavy atom. The van der Waals surface area contributed by atoms with Crippen molar-refractivity contribution >= 4 is 17.5 Å². The van der Waals surface area contributed by atoms with Crippen molar-refractivity contribution in [3.8, 4) is 5.75 Å². The summed E-state index contributed by atoms with van der Waals surface area (Å²) in [7, 11) is 0. The molecule has 1 aliphatic rings. The Morgan fingerprint density at radius 2 is 1.83 bits per heavy atom. The molecule has 0 aromatic heterocycles. The number of nitrogens with two attached hydrogens (primary N) is 1. The van der Waals surface area contributed by atoms with E-state index in [0.29, 0.717) is 37.5 Å². The second-order valence-electron chi connectivity index (χ2n) is 7.62. The molecule has 1 atom stereocenters. The fourth-order valence-electron chi connectivity index (χ4n) is 3.71. The molecule has 0 bridgehead atoms. The van der Waals surface area contributed by atoms with Crippen LogP contribution in [0.4, 0.5) is 5.69 Å². The van der Waals surface area contributed by atoms with E-state index >= 15 is 0 Å². The van der Waals surface area contributed by atoms with Crippen LogP contribution in [0.5, 0.6) is 5.75 Å². The quantitative estimate of drug-likeness (QED) is 0.787. The molecule has 6 nitrogen and oxygen atoms in total. The fraction of sp³-hybridized carbons (Fsp3) is 0.391. The Kier molecular flexibility index (Phi) is 6.88. The molecule has 0 aliphatic carbocycles. The number of nitrogens with zero attached hydrogens (tertiary/aromatic N) is 1. The maximum atomic E-state index is 12.9. The standard InChI is InChI=1S/C23H29N3O3/c1-16-12-17(2)14-19(13-16)23(28)26-10-3-4-18(15-26)22(27)25-20-5-7-21(8-6-20)29-11-9-24/h5-8,12-14,18H,3-4,9-11,15,24H2,1-2H3,(H,25,27). The summed E-state index contributed by atoms with van der Waals surface area (Å²) < 4.78 is 5.45. The second-order valence-corrected chi connectivity index (χ2v) is 7.62. The summed E-state index contributed by atoms with van der Waals surface area (Å²) in [6.07, 6.45) is 1.60. The van der Waals surface area contributed by atoms with E-state index in [1.54, 1.807) is 4.90 Å². The molecule has 3 rings (SSSR count). The van der Waals surface area contributed by atoms with E-state index in [0.717, 1.165) is 29.7 Å². The van der Waals surface area contributed by atoms with Gasteiger partial charge in [0.05, 0.1) is 5.92 Å². The van der Waals surface area contributed by atoms with Crippen molar-refractivity contribution in [2.45, 2.75) is 26.7 Å². The minimum atomic E-state index is -0.216. The van der Waals surface area contributed by atoms with Gasteiger partial charge in [0.1, 0.15) is 12.4 Å². The van der Waals surface area contributed by atoms with Gasteiger partial charge in [-0.2, -0.15) is 0 Å². The minimum absolute atomic E-state index is 0.00398. The van der Waals surface area contributed by atoms with Crippen LogP contribution in [0.2, 0.25) is 0 Å². The van der Waals surface area contributed by atoms with Crippen LogP contribution in [0.25, 0.3) is 0 Å². The predicted octanol–water partition coefficient (Wildman–Crippen LogP) is 3.13. The van der Waals surface area contributed by atoms with Gasteiger partial charge < -0.3 is 20.7 Å². The Morgan fingerprint density at radius 1 is 1.14 bits per heavy atom.